The monoisotopic (exact) mass is 310 g/mol. The third kappa shape index (κ3) is 2.46. The van der Waals surface area contributed by atoms with Gasteiger partial charge in [0.25, 0.3) is 0 Å². The number of carbonyl (C=O) groups excluding carboxylic acids is 2. The molecule has 1 aromatic heterocycles. The summed E-state index contributed by atoms with van der Waals surface area (Å²) in [6, 6.07) is 3.45. The lowest BCUT2D eigenvalue weighted by atomic mass is 9.98. The van der Waals surface area contributed by atoms with Crippen molar-refractivity contribution in [3.05, 3.63) is 17.2 Å². The van der Waals surface area contributed by atoms with E-state index in [0.29, 0.717) is 41.1 Å². The highest BCUT2D eigenvalue weighted by Gasteiger charge is 2.25. The number of hydrogen-bond donors (Lipinski definition) is 2. The van der Waals surface area contributed by atoms with E-state index in [1.807, 2.05) is 0 Å². The smallest absolute Gasteiger partial charge is 0.229 e. The molecule has 2 N–H and O–H groups in total. The van der Waals surface area contributed by atoms with Crippen LogP contribution in [0.3, 0.4) is 0 Å². The number of amides is 2. The van der Waals surface area contributed by atoms with Crippen molar-refractivity contribution in [2.45, 2.75) is 12.8 Å². The molecule has 2 heterocycles. The minimum Gasteiger partial charge on any atom is -0.355 e. The van der Waals surface area contributed by atoms with Gasteiger partial charge in [-0.2, -0.15) is 8.75 Å². The number of anilines is 1. The van der Waals surface area contributed by atoms with E-state index in [0.717, 1.165) is 11.7 Å². The van der Waals surface area contributed by atoms with Gasteiger partial charge in [-0.3, -0.25) is 9.59 Å². The average Bonchev–Trinajstić information content (AvgIpc) is 2.91. The molecule has 1 fully saturated rings. The summed E-state index contributed by atoms with van der Waals surface area (Å²) < 4.78 is 8.27. The van der Waals surface area contributed by atoms with Crippen molar-refractivity contribution < 1.29 is 9.59 Å². The van der Waals surface area contributed by atoms with Gasteiger partial charge in [-0.1, -0.05) is 11.6 Å². The molecule has 0 saturated carbocycles. The number of halogens is 1. The van der Waals surface area contributed by atoms with Crippen LogP contribution < -0.4 is 10.6 Å². The number of fused-ring (bicyclic) bond motifs is 1. The predicted molar refractivity (Wildman–Crippen MR) is 76.8 cm³/mol. The lowest BCUT2D eigenvalue weighted by Crippen LogP contribution is -2.40. The molecule has 8 heteroatoms. The lowest BCUT2D eigenvalue weighted by molar-refractivity contribution is -0.126. The van der Waals surface area contributed by atoms with Crippen molar-refractivity contribution in [1.82, 2.24) is 14.1 Å². The molecule has 1 aliphatic rings. The Bertz CT molecular complexity index is 677. The Kier molecular flexibility index (Phi) is 3.54. The number of carbonyl (C=O) groups is 2. The molecule has 0 radical (unpaired) electrons. The van der Waals surface area contributed by atoms with Crippen LogP contribution in [-0.2, 0) is 9.59 Å². The van der Waals surface area contributed by atoms with E-state index in [4.69, 9.17) is 11.6 Å². The summed E-state index contributed by atoms with van der Waals surface area (Å²) in [6.07, 6.45) is 0.912. The SMILES string of the molecule is O=C1CCC(C(=O)Nc2c(Cl)ccc3nsnc23)CN1. The fraction of sp³-hybridized carbons (Fsp3) is 0.333. The maximum Gasteiger partial charge on any atom is 0.229 e. The first kappa shape index (κ1) is 13.3. The fourth-order valence-electron chi connectivity index (χ4n) is 2.13. The fourth-order valence-corrected chi connectivity index (χ4v) is 2.87. The molecular weight excluding hydrogens is 300 g/mol. The number of piperidine rings is 1. The van der Waals surface area contributed by atoms with Crippen molar-refractivity contribution in [2.24, 2.45) is 5.92 Å². The standard InChI is InChI=1S/C12H11ClN4O2S/c13-7-2-3-8-11(17-20-16-8)10(7)15-12(19)6-1-4-9(18)14-5-6/h2-3,6H,1,4-5H2,(H,14,18)(H,15,19). The van der Waals surface area contributed by atoms with Gasteiger partial charge in [0.1, 0.15) is 11.0 Å². The summed E-state index contributed by atoms with van der Waals surface area (Å²) in [7, 11) is 0. The first-order valence-corrected chi connectivity index (χ1v) is 7.24. The van der Waals surface area contributed by atoms with Crippen LogP contribution in [0, 0.1) is 5.92 Å². The first-order chi connectivity index (χ1) is 9.65. The zero-order valence-electron chi connectivity index (χ0n) is 10.4. The van der Waals surface area contributed by atoms with Crippen LogP contribution in [0.25, 0.3) is 11.0 Å². The van der Waals surface area contributed by atoms with Crippen LogP contribution in [0.5, 0.6) is 0 Å². The van der Waals surface area contributed by atoms with Crippen molar-refractivity contribution in [2.75, 3.05) is 11.9 Å². The van der Waals surface area contributed by atoms with E-state index < -0.39 is 0 Å². The lowest BCUT2D eigenvalue weighted by Gasteiger charge is -2.21. The van der Waals surface area contributed by atoms with Gasteiger partial charge in [0.2, 0.25) is 11.8 Å². The minimum absolute atomic E-state index is 0.0158. The topological polar surface area (TPSA) is 84.0 Å². The maximum atomic E-state index is 12.2. The number of nitrogens with zero attached hydrogens (tertiary/aromatic N) is 2. The quantitative estimate of drug-likeness (QED) is 0.886. The van der Waals surface area contributed by atoms with Gasteiger partial charge in [0.15, 0.2) is 0 Å². The van der Waals surface area contributed by atoms with Crippen LogP contribution in [0.1, 0.15) is 12.8 Å². The molecule has 1 unspecified atom stereocenters. The van der Waals surface area contributed by atoms with Gasteiger partial charge in [-0.15, -0.1) is 0 Å². The van der Waals surface area contributed by atoms with Gasteiger partial charge in [0.05, 0.1) is 28.4 Å². The third-order valence-electron chi connectivity index (χ3n) is 3.26. The minimum atomic E-state index is -0.245. The number of hydrogen-bond acceptors (Lipinski definition) is 5. The second-order valence-electron chi connectivity index (χ2n) is 4.58. The van der Waals surface area contributed by atoms with E-state index in [2.05, 4.69) is 19.4 Å². The van der Waals surface area contributed by atoms with E-state index in [1.54, 1.807) is 12.1 Å². The van der Waals surface area contributed by atoms with E-state index >= 15 is 0 Å². The summed E-state index contributed by atoms with van der Waals surface area (Å²) in [6.45, 7) is 0.355. The number of rotatable bonds is 2. The van der Waals surface area contributed by atoms with Gasteiger partial charge in [-0.05, 0) is 18.6 Å². The highest BCUT2D eigenvalue weighted by atomic mass is 35.5. The molecule has 0 aliphatic carbocycles. The molecule has 1 saturated heterocycles. The average molecular weight is 311 g/mol. The van der Waals surface area contributed by atoms with Gasteiger partial charge < -0.3 is 10.6 Å². The summed E-state index contributed by atoms with van der Waals surface area (Å²) in [4.78, 5) is 23.3. The molecule has 104 valence electrons. The molecular formula is C12H11ClN4O2S. The zero-order chi connectivity index (χ0) is 14.1. The number of aromatic nitrogens is 2. The number of benzene rings is 1. The molecule has 6 nitrogen and oxygen atoms in total. The molecule has 2 aromatic rings. The molecule has 2 amide bonds. The number of nitrogens with one attached hydrogen (secondary N) is 2. The van der Waals surface area contributed by atoms with E-state index in [1.165, 1.54) is 0 Å². The molecule has 1 atom stereocenters. The van der Waals surface area contributed by atoms with Crippen molar-refractivity contribution in [3.8, 4) is 0 Å². The summed E-state index contributed by atoms with van der Waals surface area (Å²) in [5.41, 5.74) is 1.78. The normalized spacial score (nSPS) is 18.9. The van der Waals surface area contributed by atoms with Gasteiger partial charge >= 0.3 is 0 Å². The second kappa shape index (κ2) is 5.34. The summed E-state index contributed by atoms with van der Waals surface area (Å²) >= 11 is 7.19. The third-order valence-corrected chi connectivity index (χ3v) is 4.12. The molecule has 1 aliphatic heterocycles. The Morgan fingerprint density at radius 3 is 3.05 bits per heavy atom. The van der Waals surface area contributed by atoms with Crippen LogP contribution in [0.2, 0.25) is 5.02 Å². The summed E-state index contributed by atoms with van der Waals surface area (Å²) in [5.74, 6) is -0.420. The summed E-state index contributed by atoms with van der Waals surface area (Å²) in [5, 5.41) is 5.92. The van der Waals surface area contributed by atoms with Crippen molar-refractivity contribution >= 4 is 51.9 Å². The van der Waals surface area contributed by atoms with Crippen LogP contribution >= 0.6 is 23.3 Å². The van der Waals surface area contributed by atoms with Crippen molar-refractivity contribution in [3.63, 3.8) is 0 Å². The van der Waals surface area contributed by atoms with Crippen LogP contribution in [0.15, 0.2) is 12.1 Å². The Balaban J connectivity index is 1.82. The van der Waals surface area contributed by atoms with Crippen LogP contribution in [-0.4, -0.2) is 27.1 Å². The highest BCUT2D eigenvalue weighted by Crippen LogP contribution is 2.30. The molecule has 0 bridgehead atoms. The molecule has 1 aromatic carbocycles. The molecule has 3 rings (SSSR count). The van der Waals surface area contributed by atoms with Gasteiger partial charge in [0, 0.05) is 13.0 Å². The van der Waals surface area contributed by atoms with E-state index in [9.17, 15) is 9.59 Å². The predicted octanol–water partition coefficient (Wildman–Crippen LogP) is 1.81. The Labute approximate surface area is 123 Å². The Morgan fingerprint density at radius 2 is 2.30 bits per heavy atom. The zero-order valence-corrected chi connectivity index (χ0v) is 11.9. The van der Waals surface area contributed by atoms with Gasteiger partial charge in [-0.25, -0.2) is 0 Å². The Morgan fingerprint density at radius 1 is 1.45 bits per heavy atom. The maximum absolute atomic E-state index is 12.2. The molecule has 20 heavy (non-hydrogen) atoms. The van der Waals surface area contributed by atoms with E-state index in [-0.39, 0.29) is 17.7 Å². The largest absolute Gasteiger partial charge is 0.355 e. The second-order valence-corrected chi connectivity index (χ2v) is 5.52. The highest BCUT2D eigenvalue weighted by molar-refractivity contribution is 7.00. The molecule has 0 spiro atoms. The Hall–Kier alpha value is -1.73. The first-order valence-electron chi connectivity index (χ1n) is 6.13. The van der Waals surface area contributed by atoms with Crippen LogP contribution in [0.4, 0.5) is 5.69 Å². The van der Waals surface area contributed by atoms with Crippen molar-refractivity contribution in [1.29, 1.82) is 0 Å².